The third kappa shape index (κ3) is 3.18. The molecule has 0 bridgehead atoms. The standard InChI is InChI=1S/C11H14NO2/c1-2-3-9-14-12(10-13)11-7-5-4-6-8-11/h4-8H,2-3,9H2,1H3. The van der Waals surface area contributed by atoms with Crippen LogP contribution in [0.5, 0.6) is 0 Å². The maximum absolute atomic E-state index is 10.6. The van der Waals surface area contributed by atoms with Crippen molar-refractivity contribution in [1.29, 1.82) is 0 Å². The third-order valence-electron chi connectivity index (χ3n) is 1.79. The number of carbonyl (C=O) groups excluding carboxylic acids is 1. The minimum absolute atomic E-state index is 0.542. The van der Waals surface area contributed by atoms with Crippen LogP contribution < -0.4 is 5.06 Å². The molecule has 0 saturated heterocycles. The molecule has 1 aromatic rings. The maximum atomic E-state index is 10.6. The van der Waals surface area contributed by atoms with E-state index in [4.69, 9.17) is 4.84 Å². The van der Waals surface area contributed by atoms with Crippen molar-refractivity contribution in [3.63, 3.8) is 0 Å². The Morgan fingerprint density at radius 1 is 1.36 bits per heavy atom. The van der Waals surface area contributed by atoms with Gasteiger partial charge in [-0.3, -0.25) is 9.63 Å². The summed E-state index contributed by atoms with van der Waals surface area (Å²) in [6, 6.07) is 9.19. The van der Waals surface area contributed by atoms with Gasteiger partial charge in [0.25, 0.3) is 0 Å². The molecule has 0 aliphatic heterocycles. The van der Waals surface area contributed by atoms with Gasteiger partial charge in [-0.1, -0.05) is 31.5 Å². The molecular formula is C11H14NO2. The molecule has 0 aromatic heterocycles. The molecule has 14 heavy (non-hydrogen) atoms. The second kappa shape index (κ2) is 6.16. The highest BCUT2D eigenvalue weighted by Crippen LogP contribution is 2.11. The summed E-state index contributed by atoms with van der Waals surface area (Å²) in [5.74, 6) is 0. The highest BCUT2D eigenvalue weighted by Gasteiger charge is 2.04. The Kier molecular flexibility index (Phi) is 4.72. The van der Waals surface area contributed by atoms with Crippen molar-refractivity contribution in [2.24, 2.45) is 0 Å². The first-order valence-electron chi connectivity index (χ1n) is 4.74. The largest absolute Gasteiger partial charge is 0.342 e. The van der Waals surface area contributed by atoms with Gasteiger partial charge in [0.05, 0.1) is 12.3 Å². The van der Waals surface area contributed by atoms with E-state index in [1.54, 1.807) is 18.5 Å². The number of nitrogens with zero attached hydrogens (tertiary/aromatic N) is 1. The molecule has 0 N–H and O–H groups in total. The van der Waals surface area contributed by atoms with Gasteiger partial charge in [0.1, 0.15) is 0 Å². The van der Waals surface area contributed by atoms with Crippen molar-refractivity contribution in [2.75, 3.05) is 11.7 Å². The van der Waals surface area contributed by atoms with Crippen molar-refractivity contribution in [2.45, 2.75) is 19.8 Å². The third-order valence-corrected chi connectivity index (χ3v) is 1.79. The first kappa shape index (κ1) is 10.7. The van der Waals surface area contributed by atoms with Gasteiger partial charge in [-0.2, -0.15) is 5.06 Å². The molecule has 1 radical (unpaired) electrons. The Morgan fingerprint density at radius 3 is 2.64 bits per heavy atom. The zero-order valence-electron chi connectivity index (χ0n) is 8.27. The molecule has 75 valence electrons. The van der Waals surface area contributed by atoms with E-state index < -0.39 is 0 Å². The van der Waals surface area contributed by atoms with Crippen molar-refractivity contribution >= 4 is 12.1 Å². The summed E-state index contributed by atoms with van der Waals surface area (Å²) >= 11 is 0. The van der Waals surface area contributed by atoms with Gasteiger partial charge < -0.3 is 0 Å². The maximum Gasteiger partial charge on any atom is 0.342 e. The van der Waals surface area contributed by atoms with Crippen LogP contribution in [0.3, 0.4) is 0 Å². The van der Waals surface area contributed by atoms with E-state index in [0.29, 0.717) is 12.3 Å². The lowest BCUT2D eigenvalue weighted by atomic mass is 10.3. The van der Waals surface area contributed by atoms with Crippen LogP contribution in [-0.4, -0.2) is 13.0 Å². The lowest BCUT2D eigenvalue weighted by Crippen LogP contribution is -2.21. The van der Waals surface area contributed by atoms with E-state index in [9.17, 15) is 4.79 Å². The van der Waals surface area contributed by atoms with E-state index in [-0.39, 0.29) is 0 Å². The van der Waals surface area contributed by atoms with Gasteiger partial charge in [-0.05, 0) is 18.6 Å². The number of hydrogen-bond donors (Lipinski definition) is 0. The zero-order chi connectivity index (χ0) is 10.2. The summed E-state index contributed by atoms with van der Waals surface area (Å²) < 4.78 is 0. The predicted octanol–water partition coefficient (Wildman–Crippen LogP) is 2.29. The van der Waals surface area contributed by atoms with Gasteiger partial charge >= 0.3 is 6.41 Å². The van der Waals surface area contributed by atoms with Crippen LogP contribution in [0.1, 0.15) is 19.8 Å². The van der Waals surface area contributed by atoms with Crippen LogP contribution in [0, 0.1) is 0 Å². The number of amides is 1. The summed E-state index contributed by atoms with van der Waals surface area (Å²) in [5, 5.41) is 1.13. The topological polar surface area (TPSA) is 29.5 Å². The SMILES string of the molecule is CCCCON([C]=O)c1ccccc1. The lowest BCUT2D eigenvalue weighted by molar-refractivity contribution is 0.137. The number of hydroxylamine groups is 1. The van der Waals surface area contributed by atoms with E-state index >= 15 is 0 Å². The molecule has 0 saturated carbocycles. The van der Waals surface area contributed by atoms with E-state index in [2.05, 4.69) is 6.92 Å². The predicted molar refractivity (Wildman–Crippen MR) is 55.5 cm³/mol. The Bertz CT molecular complexity index is 261. The molecule has 3 heteroatoms. The van der Waals surface area contributed by atoms with Crippen molar-refractivity contribution in [3.05, 3.63) is 30.3 Å². The van der Waals surface area contributed by atoms with Gasteiger partial charge in [0.15, 0.2) is 0 Å². The smallest absolute Gasteiger partial charge is 0.266 e. The quantitative estimate of drug-likeness (QED) is 0.393. The Hall–Kier alpha value is -1.35. The van der Waals surface area contributed by atoms with Crippen LogP contribution in [0.4, 0.5) is 5.69 Å². The molecule has 0 heterocycles. The molecular weight excluding hydrogens is 178 g/mol. The van der Waals surface area contributed by atoms with Gasteiger partial charge in [0.2, 0.25) is 0 Å². The minimum Gasteiger partial charge on any atom is -0.266 e. The fourth-order valence-corrected chi connectivity index (χ4v) is 1.02. The summed E-state index contributed by atoms with van der Waals surface area (Å²) in [6.45, 7) is 2.61. The Labute approximate surface area is 84.2 Å². The first-order chi connectivity index (χ1) is 6.88. The molecule has 0 unspecified atom stereocenters. The van der Waals surface area contributed by atoms with Crippen LogP contribution in [0.25, 0.3) is 0 Å². The first-order valence-corrected chi connectivity index (χ1v) is 4.74. The molecule has 1 rings (SSSR count). The second-order valence-corrected chi connectivity index (χ2v) is 2.91. The van der Waals surface area contributed by atoms with Crippen molar-refractivity contribution in [3.8, 4) is 0 Å². The van der Waals surface area contributed by atoms with Crippen LogP contribution in [0.15, 0.2) is 30.3 Å². The van der Waals surface area contributed by atoms with Crippen LogP contribution in [-0.2, 0) is 9.63 Å². The summed E-state index contributed by atoms with van der Waals surface area (Å²) in [6.07, 6.45) is 3.72. The average molecular weight is 192 g/mol. The Morgan fingerprint density at radius 2 is 2.07 bits per heavy atom. The van der Waals surface area contributed by atoms with E-state index in [1.165, 1.54) is 0 Å². The number of hydrogen-bond acceptors (Lipinski definition) is 2. The highest BCUT2D eigenvalue weighted by molar-refractivity contribution is 5.72. The molecule has 0 spiro atoms. The monoisotopic (exact) mass is 192 g/mol. The van der Waals surface area contributed by atoms with Crippen molar-refractivity contribution in [1.82, 2.24) is 0 Å². The van der Waals surface area contributed by atoms with Crippen LogP contribution in [0.2, 0.25) is 0 Å². The fourth-order valence-electron chi connectivity index (χ4n) is 1.02. The van der Waals surface area contributed by atoms with Crippen LogP contribution >= 0.6 is 0 Å². The number of unbranched alkanes of at least 4 members (excludes halogenated alkanes) is 1. The van der Waals surface area contributed by atoms with Crippen molar-refractivity contribution < 1.29 is 9.63 Å². The summed E-state index contributed by atoms with van der Waals surface area (Å²) in [5.41, 5.74) is 0.707. The Balaban J connectivity index is 2.50. The van der Waals surface area contributed by atoms with Gasteiger partial charge in [0, 0.05) is 0 Å². The van der Waals surface area contributed by atoms with Gasteiger partial charge in [-0.15, -0.1) is 0 Å². The normalized spacial score (nSPS) is 9.79. The van der Waals surface area contributed by atoms with E-state index in [1.807, 2.05) is 18.2 Å². The molecule has 0 fully saturated rings. The minimum atomic E-state index is 0.542. The lowest BCUT2D eigenvalue weighted by Gasteiger charge is -2.15. The molecule has 3 nitrogen and oxygen atoms in total. The average Bonchev–Trinajstić information content (AvgIpc) is 2.26. The zero-order valence-corrected chi connectivity index (χ0v) is 8.27. The van der Waals surface area contributed by atoms with Gasteiger partial charge in [-0.25, -0.2) is 0 Å². The second-order valence-electron chi connectivity index (χ2n) is 2.91. The number of para-hydroxylation sites is 1. The van der Waals surface area contributed by atoms with E-state index in [0.717, 1.165) is 17.9 Å². The highest BCUT2D eigenvalue weighted by atomic mass is 16.7. The molecule has 1 amide bonds. The summed E-state index contributed by atoms with van der Waals surface area (Å²) in [7, 11) is 0. The number of benzene rings is 1. The molecule has 1 aromatic carbocycles. The number of anilines is 1. The summed E-state index contributed by atoms with van der Waals surface area (Å²) in [4.78, 5) is 15.8. The molecule has 0 aliphatic rings. The molecule has 0 aliphatic carbocycles. The fraction of sp³-hybridized carbons (Fsp3) is 0.364. The number of rotatable bonds is 6. The molecule has 0 atom stereocenters.